The third kappa shape index (κ3) is 5.04. The molecule has 0 aliphatic heterocycles. The number of nitrogens with zero attached hydrogens (tertiary/aromatic N) is 1. The number of hydrogen-bond donors (Lipinski definition) is 1. The molecule has 1 aromatic carbocycles. The second kappa shape index (κ2) is 8.02. The number of thiophene rings is 1. The van der Waals surface area contributed by atoms with Crippen molar-refractivity contribution < 1.29 is 9.53 Å². The Morgan fingerprint density at radius 1 is 1.33 bits per heavy atom. The van der Waals surface area contributed by atoms with Gasteiger partial charge in [0.1, 0.15) is 0 Å². The fourth-order valence-corrected chi connectivity index (χ4v) is 2.58. The zero-order chi connectivity index (χ0) is 15.1. The molecule has 0 aliphatic carbocycles. The van der Waals surface area contributed by atoms with Gasteiger partial charge in [-0.25, -0.2) is 4.79 Å². The van der Waals surface area contributed by atoms with Crippen molar-refractivity contribution in [3.05, 3.63) is 51.7 Å². The number of urea groups is 1. The molecule has 0 unspecified atom stereocenters. The lowest BCUT2D eigenvalue weighted by Gasteiger charge is -2.22. The van der Waals surface area contributed by atoms with Crippen LogP contribution in [-0.2, 0) is 11.3 Å². The first-order valence-electron chi connectivity index (χ1n) is 6.50. The number of nitrogens with one attached hydrogen (secondary N) is 1. The topological polar surface area (TPSA) is 41.6 Å². The average molecular weight is 325 g/mol. The summed E-state index contributed by atoms with van der Waals surface area (Å²) in [6.07, 6.45) is 0. The molecule has 0 fully saturated rings. The van der Waals surface area contributed by atoms with E-state index in [1.807, 2.05) is 16.8 Å². The molecule has 2 aromatic rings. The summed E-state index contributed by atoms with van der Waals surface area (Å²) in [4.78, 5) is 14.1. The second-order valence-corrected chi connectivity index (χ2v) is 5.70. The lowest BCUT2D eigenvalue weighted by atomic mass is 10.3. The van der Waals surface area contributed by atoms with Gasteiger partial charge in [0.25, 0.3) is 0 Å². The Hall–Kier alpha value is -1.56. The van der Waals surface area contributed by atoms with Gasteiger partial charge in [-0.1, -0.05) is 11.6 Å². The number of methoxy groups -OCH3 is 1. The van der Waals surface area contributed by atoms with E-state index in [0.29, 0.717) is 24.7 Å². The molecular formula is C15H17ClN2O2S. The quantitative estimate of drug-likeness (QED) is 0.869. The Balaban J connectivity index is 2.00. The van der Waals surface area contributed by atoms with E-state index in [9.17, 15) is 4.79 Å². The molecule has 0 saturated heterocycles. The van der Waals surface area contributed by atoms with Crippen LogP contribution in [0.2, 0.25) is 5.02 Å². The van der Waals surface area contributed by atoms with Gasteiger partial charge in [-0.2, -0.15) is 11.3 Å². The molecule has 21 heavy (non-hydrogen) atoms. The Labute approximate surface area is 133 Å². The molecule has 2 rings (SSSR count). The van der Waals surface area contributed by atoms with E-state index in [4.69, 9.17) is 16.3 Å². The van der Waals surface area contributed by atoms with Crippen LogP contribution in [0.4, 0.5) is 10.5 Å². The fourth-order valence-electron chi connectivity index (χ4n) is 1.79. The molecule has 4 nitrogen and oxygen atoms in total. The molecule has 0 radical (unpaired) electrons. The van der Waals surface area contributed by atoms with Crippen molar-refractivity contribution >= 4 is 34.7 Å². The molecule has 1 aromatic heterocycles. The predicted octanol–water partition coefficient (Wildman–Crippen LogP) is 4.08. The van der Waals surface area contributed by atoms with Gasteiger partial charge in [0.2, 0.25) is 0 Å². The van der Waals surface area contributed by atoms with Crippen LogP contribution in [0.25, 0.3) is 0 Å². The van der Waals surface area contributed by atoms with Crippen LogP contribution in [0.15, 0.2) is 41.1 Å². The Bertz CT molecular complexity index is 558. The second-order valence-electron chi connectivity index (χ2n) is 4.48. The molecule has 1 N–H and O–H groups in total. The van der Waals surface area contributed by atoms with Crippen molar-refractivity contribution in [2.24, 2.45) is 0 Å². The number of hydrogen-bond acceptors (Lipinski definition) is 3. The normalized spacial score (nSPS) is 10.4. The third-order valence-electron chi connectivity index (χ3n) is 2.90. The van der Waals surface area contributed by atoms with Crippen LogP contribution in [-0.4, -0.2) is 31.2 Å². The summed E-state index contributed by atoms with van der Waals surface area (Å²) in [6, 6.07) is 8.91. The van der Waals surface area contributed by atoms with E-state index < -0.39 is 0 Å². The van der Waals surface area contributed by atoms with E-state index in [0.717, 1.165) is 11.3 Å². The SMILES string of the molecule is COCCN(Cc1ccsc1)C(=O)Nc1ccc(Cl)cc1. The highest BCUT2D eigenvalue weighted by Crippen LogP contribution is 2.15. The van der Waals surface area contributed by atoms with Crippen LogP contribution in [0, 0.1) is 0 Å². The maximum absolute atomic E-state index is 12.4. The van der Waals surface area contributed by atoms with Gasteiger partial charge in [0.15, 0.2) is 0 Å². The minimum absolute atomic E-state index is 0.152. The largest absolute Gasteiger partial charge is 0.383 e. The molecule has 2 amide bonds. The summed E-state index contributed by atoms with van der Waals surface area (Å²) in [5, 5.41) is 7.55. The van der Waals surface area contributed by atoms with E-state index in [1.54, 1.807) is 47.6 Å². The van der Waals surface area contributed by atoms with Crippen molar-refractivity contribution in [3.63, 3.8) is 0 Å². The number of carbonyl (C=O) groups is 1. The Kier molecular flexibility index (Phi) is 6.04. The molecule has 0 atom stereocenters. The van der Waals surface area contributed by atoms with Crippen LogP contribution in [0.3, 0.4) is 0 Å². The van der Waals surface area contributed by atoms with Gasteiger partial charge >= 0.3 is 6.03 Å². The molecule has 0 saturated carbocycles. The van der Waals surface area contributed by atoms with Crippen molar-refractivity contribution in [1.82, 2.24) is 4.90 Å². The van der Waals surface area contributed by atoms with Crippen molar-refractivity contribution in [2.75, 3.05) is 25.6 Å². The van der Waals surface area contributed by atoms with Crippen molar-refractivity contribution in [2.45, 2.75) is 6.54 Å². The lowest BCUT2D eigenvalue weighted by molar-refractivity contribution is 0.153. The first-order chi connectivity index (χ1) is 10.2. The van der Waals surface area contributed by atoms with Gasteiger partial charge in [-0.3, -0.25) is 0 Å². The first kappa shape index (κ1) is 15.8. The van der Waals surface area contributed by atoms with Crippen molar-refractivity contribution in [1.29, 1.82) is 0 Å². The van der Waals surface area contributed by atoms with E-state index in [-0.39, 0.29) is 6.03 Å². The maximum atomic E-state index is 12.4. The smallest absolute Gasteiger partial charge is 0.322 e. The van der Waals surface area contributed by atoms with E-state index in [2.05, 4.69) is 5.32 Å². The van der Waals surface area contributed by atoms with Gasteiger partial charge in [0, 0.05) is 30.9 Å². The average Bonchev–Trinajstić information content (AvgIpc) is 2.98. The van der Waals surface area contributed by atoms with Crippen LogP contribution >= 0.6 is 22.9 Å². The van der Waals surface area contributed by atoms with Crippen molar-refractivity contribution in [3.8, 4) is 0 Å². The zero-order valence-corrected chi connectivity index (χ0v) is 13.3. The third-order valence-corrected chi connectivity index (χ3v) is 3.89. The van der Waals surface area contributed by atoms with Crippen LogP contribution < -0.4 is 5.32 Å². The van der Waals surface area contributed by atoms with Gasteiger partial charge in [-0.05, 0) is 46.7 Å². The molecular weight excluding hydrogens is 308 g/mol. The molecule has 112 valence electrons. The summed E-state index contributed by atoms with van der Waals surface area (Å²) in [6.45, 7) is 1.59. The summed E-state index contributed by atoms with van der Waals surface area (Å²) in [5.74, 6) is 0. The molecule has 1 heterocycles. The minimum Gasteiger partial charge on any atom is -0.383 e. The van der Waals surface area contributed by atoms with Gasteiger partial charge in [0.05, 0.1) is 6.61 Å². The molecule has 0 bridgehead atoms. The standard InChI is InChI=1S/C15H17ClN2O2S/c1-20-8-7-18(10-12-6-9-21-11-12)15(19)17-14-4-2-13(16)3-5-14/h2-6,9,11H,7-8,10H2,1H3,(H,17,19). The summed E-state index contributed by atoms with van der Waals surface area (Å²) < 4.78 is 5.07. The highest BCUT2D eigenvalue weighted by atomic mass is 35.5. The fraction of sp³-hybridized carbons (Fsp3) is 0.267. The number of carbonyl (C=O) groups excluding carboxylic acids is 1. The molecule has 0 spiro atoms. The number of amides is 2. The molecule has 6 heteroatoms. The minimum atomic E-state index is -0.152. The molecule has 0 aliphatic rings. The van der Waals surface area contributed by atoms with Crippen LogP contribution in [0.1, 0.15) is 5.56 Å². The number of ether oxygens (including phenoxy) is 1. The van der Waals surface area contributed by atoms with Crippen LogP contribution in [0.5, 0.6) is 0 Å². The Morgan fingerprint density at radius 3 is 2.71 bits per heavy atom. The lowest BCUT2D eigenvalue weighted by Crippen LogP contribution is -2.36. The van der Waals surface area contributed by atoms with Gasteiger partial charge in [-0.15, -0.1) is 0 Å². The van der Waals surface area contributed by atoms with E-state index in [1.165, 1.54) is 0 Å². The zero-order valence-electron chi connectivity index (χ0n) is 11.7. The predicted molar refractivity (Wildman–Crippen MR) is 87.1 cm³/mol. The summed E-state index contributed by atoms with van der Waals surface area (Å²) in [7, 11) is 1.62. The number of rotatable bonds is 6. The monoisotopic (exact) mass is 324 g/mol. The Morgan fingerprint density at radius 2 is 2.10 bits per heavy atom. The summed E-state index contributed by atoms with van der Waals surface area (Å²) >= 11 is 7.45. The number of benzene rings is 1. The highest BCUT2D eigenvalue weighted by Gasteiger charge is 2.14. The summed E-state index contributed by atoms with van der Waals surface area (Å²) in [5.41, 5.74) is 1.83. The van der Waals surface area contributed by atoms with E-state index >= 15 is 0 Å². The van der Waals surface area contributed by atoms with Gasteiger partial charge < -0.3 is 15.0 Å². The first-order valence-corrected chi connectivity index (χ1v) is 7.82. The highest BCUT2D eigenvalue weighted by molar-refractivity contribution is 7.07. The number of anilines is 1. The maximum Gasteiger partial charge on any atom is 0.322 e. The number of halogens is 1.